The maximum absolute atomic E-state index is 12.5. The topological polar surface area (TPSA) is 240 Å². The Morgan fingerprint density at radius 2 is 1.52 bits per heavy atom. The number of nitrogens with one attached hydrogen (secondary N) is 3. The minimum absolute atomic E-state index is 0.209. The van der Waals surface area contributed by atoms with E-state index in [9.17, 15) is 24.0 Å². The number of carboxylic acids is 1. The molecule has 0 aromatic carbocycles. The number of nitrogens with two attached hydrogens (primary N) is 3. The van der Waals surface area contributed by atoms with Crippen LogP contribution in [0.5, 0.6) is 0 Å². The van der Waals surface area contributed by atoms with Crippen LogP contribution in [-0.2, 0) is 24.0 Å². The summed E-state index contributed by atoms with van der Waals surface area (Å²) in [4.78, 5) is 58.5. The lowest BCUT2D eigenvalue weighted by atomic mass is 10.1. The Labute approximate surface area is 167 Å². The summed E-state index contributed by atoms with van der Waals surface area (Å²) in [6.07, 6.45) is 0.692. The first kappa shape index (κ1) is 26.2. The van der Waals surface area contributed by atoms with Gasteiger partial charge in [0, 0.05) is 0 Å². The second-order valence-corrected chi connectivity index (χ2v) is 6.43. The van der Waals surface area contributed by atoms with Gasteiger partial charge in [-0.2, -0.15) is 0 Å². The van der Waals surface area contributed by atoms with E-state index in [0.29, 0.717) is 19.4 Å². The van der Waals surface area contributed by atoms with Gasteiger partial charge in [-0.1, -0.05) is 0 Å². The first-order valence-corrected chi connectivity index (χ1v) is 9.02. The van der Waals surface area contributed by atoms with Crippen LogP contribution < -0.4 is 33.2 Å². The van der Waals surface area contributed by atoms with Crippen molar-refractivity contribution in [3.63, 3.8) is 0 Å². The van der Waals surface area contributed by atoms with Crippen molar-refractivity contribution in [3.8, 4) is 0 Å². The van der Waals surface area contributed by atoms with Crippen LogP contribution in [0.2, 0.25) is 0 Å². The summed E-state index contributed by atoms with van der Waals surface area (Å²) >= 11 is 0. The highest BCUT2D eigenvalue weighted by Crippen LogP contribution is 2.03. The third-order valence-electron chi connectivity index (χ3n) is 3.89. The molecular formula is C16H30N6O7. The molecule has 29 heavy (non-hydrogen) atoms. The van der Waals surface area contributed by atoms with Crippen molar-refractivity contribution in [2.45, 2.75) is 56.8 Å². The van der Waals surface area contributed by atoms with E-state index in [-0.39, 0.29) is 6.42 Å². The van der Waals surface area contributed by atoms with Gasteiger partial charge in [0.1, 0.15) is 24.2 Å². The van der Waals surface area contributed by atoms with Gasteiger partial charge >= 0.3 is 5.97 Å². The van der Waals surface area contributed by atoms with Gasteiger partial charge in [0.2, 0.25) is 23.6 Å². The van der Waals surface area contributed by atoms with E-state index in [1.165, 1.54) is 6.92 Å². The smallest absolute Gasteiger partial charge is 0.326 e. The van der Waals surface area contributed by atoms with Gasteiger partial charge in [-0.25, -0.2) is 4.79 Å². The number of carboxylic acid groups (broad SMARTS) is 1. The van der Waals surface area contributed by atoms with Crippen LogP contribution in [0, 0.1) is 0 Å². The molecule has 0 fully saturated rings. The SMILES string of the molecule is CC(NC(=O)C(CCCCN)NC(=O)C(N)CO)C(=O)NC(CC(N)=O)C(=O)O. The number of aliphatic hydroxyl groups excluding tert-OH is 1. The Bertz CT molecular complexity index is 600. The summed E-state index contributed by atoms with van der Waals surface area (Å²) in [5.74, 6) is -4.68. The van der Waals surface area contributed by atoms with E-state index >= 15 is 0 Å². The Morgan fingerprint density at radius 3 is 2.00 bits per heavy atom. The molecule has 4 atom stereocenters. The molecule has 0 aromatic rings. The summed E-state index contributed by atoms with van der Waals surface area (Å²) in [5, 5.41) is 24.8. The van der Waals surface area contributed by atoms with Gasteiger partial charge in [-0.15, -0.1) is 0 Å². The highest BCUT2D eigenvalue weighted by atomic mass is 16.4. The minimum atomic E-state index is -1.54. The highest BCUT2D eigenvalue weighted by Gasteiger charge is 2.28. The molecule has 0 aliphatic rings. The number of primary amides is 1. The number of amides is 4. The second kappa shape index (κ2) is 13.4. The predicted octanol–water partition coefficient (Wildman–Crippen LogP) is -4.13. The molecule has 0 aliphatic carbocycles. The largest absolute Gasteiger partial charge is 0.480 e. The normalized spacial score (nSPS) is 14.8. The molecule has 0 saturated carbocycles. The average molecular weight is 418 g/mol. The number of rotatable bonds is 14. The van der Waals surface area contributed by atoms with Crippen molar-refractivity contribution in [2.24, 2.45) is 17.2 Å². The maximum Gasteiger partial charge on any atom is 0.326 e. The van der Waals surface area contributed by atoms with Gasteiger partial charge in [-0.3, -0.25) is 19.2 Å². The van der Waals surface area contributed by atoms with Crippen molar-refractivity contribution >= 4 is 29.6 Å². The summed E-state index contributed by atoms with van der Waals surface area (Å²) in [7, 11) is 0. The number of unbranched alkanes of at least 4 members (excludes halogenated alkanes) is 1. The van der Waals surface area contributed by atoms with E-state index in [2.05, 4.69) is 16.0 Å². The van der Waals surface area contributed by atoms with Gasteiger partial charge in [0.25, 0.3) is 0 Å². The van der Waals surface area contributed by atoms with E-state index in [0.717, 1.165) is 0 Å². The molecule has 4 unspecified atom stereocenters. The molecule has 13 heteroatoms. The zero-order chi connectivity index (χ0) is 22.6. The first-order valence-electron chi connectivity index (χ1n) is 9.02. The number of carbonyl (C=O) groups excluding carboxylic acids is 4. The Hall–Kier alpha value is -2.77. The molecule has 0 aliphatic heterocycles. The zero-order valence-corrected chi connectivity index (χ0v) is 16.2. The van der Waals surface area contributed by atoms with Gasteiger partial charge in [0.05, 0.1) is 13.0 Å². The van der Waals surface area contributed by atoms with Crippen molar-refractivity contribution in [1.82, 2.24) is 16.0 Å². The first-order chi connectivity index (χ1) is 13.5. The molecule has 11 N–H and O–H groups in total. The summed E-state index contributed by atoms with van der Waals surface area (Å²) in [6, 6.07) is -4.96. The molecular weight excluding hydrogens is 388 g/mol. The number of aliphatic carboxylic acids is 1. The molecule has 0 radical (unpaired) electrons. The van der Waals surface area contributed by atoms with Gasteiger partial charge in [-0.05, 0) is 32.7 Å². The zero-order valence-electron chi connectivity index (χ0n) is 16.2. The van der Waals surface area contributed by atoms with Gasteiger partial charge in [0.15, 0.2) is 0 Å². The Morgan fingerprint density at radius 1 is 0.931 bits per heavy atom. The Kier molecular flexibility index (Phi) is 12.1. The van der Waals surface area contributed by atoms with Crippen LogP contribution >= 0.6 is 0 Å². The van der Waals surface area contributed by atoms with Crippen LogP contribution in [0.1, 0.15) is 32.6 Å². The Balaban J connectivity index is 5.01. The van der Waals surface area contributed by atoms with Crippen LogP contribution in [-0.4, -0.2) is 77.1 Å². The third kappa shape index (κ3) is 10.4. The lowest BCUT2D eigenvalue weighted by Crippen LogP contribution is -2.56. The van der Waals surface area contributed by atoms with Crippen molar-refractivity contribution in [3.05, 3.63) is 0 Å². The molecule has 0 saturated heterocycles. The van der Waals surface area contributed by atoms with Crippen molar-refractivity contribution < 1.29 is 34.2 Å². The summed E-state index contributed by atoms with van der Waals surface area (Å²) in [5.41, 5.74) is 15.8. The summed E-state index contributed by atoms with van der Waals surface area (Å²) in [6.45, 7) is 1.07. The van der Waals surface area contributed by atoms with E-state index in [1.54, 1.807) is 0 Å². The number of carbonyl (C=O) groups is 5. The predicted molar refractivity (Wildman–Crippen MR) is 101 cm³/mol. The van der Waals surface area contributed by atoms with Crippen molar-refractivity contribution in [1.29, 1.82) is 0 Å². The molecule has 0 rings (SSSR count). The molecule has 0 bridgehead atoms. The summed E-state index contributed by atoms with van der Waals surface area (Å²) < 4.78 is 0. The minimum Gasteiger partial charge on any atom is -0.480 e. The van der Waals surface area contributed by atoms with Gasteiger partial charge < -0.3 is 43.4 Å². The fourth-order valence-corrected chi connectivity index (χ4v) is 2.20. The third-order valence-corrected chi connectivity index (χ3v) is 3.89. The fourth-order valence-electron chi connectivity index (χ4n) is 2.20. The van der Waals surface area contributed by atoms with E-state index in [1.807, 2.05) is 0 Å². The van der Waals surface area contributed by atoms with Crippen LogP contribution in [0.4, 0.5) is 0 Å². The standard InChI is InChI=1S/C16H30N6O7/c1-8(13(25)22-11(16(28)29)6-12(19)24)20-15(27)10(4-2-3-5-17)21-14(26)9(18)7-23/h8-11,23H,2-7,17-18H2,1H3,(H2,19,24)(H,20,27)(H,21,26)(H,22,25)(H,28,29). The van der Waals surface area contributed by atoms with Crippen LogP contribution in [0.25, 0.3) is 0 Å². The second-order valence-electron chi connectivity index (χ2n) is 6.43. The van der Waals surface area contributed by atoms with Crippen LogP contribution in [0.3, 0.4) is 0 Å². The number of aliphatic hydroxyl groups is 1. The molecule has 0 aromatic heterocycles. The fraction of sp³-hybridized carbons (Fsp3) is 0.688. The number of hydrogen-bond acceptors (Lipinski definition) is 8. The number of hydrogen-bond donors (Lipinski definition) is 8. The van der Waals surface area contributed by atoms with E-state index in [4.69, 9.17) is 27.4 Å². The average Bonchev–Trinajstić information content (AvgIpc) is 2.65. The lowest BCUT2D eigenvalue weighted by molar-refractivity contribution is -0.143. The molecule has 0 heterocycles. The van der Waals surface area contributed by atoms with Crippen molar-refractivity contribution in [2.75, 3.05) is 13.2 Å². The quantitative estimate of drug-likeness (QED) is 0.128. The monoisotopic (exact) mass is 418 g/mol. The highest BCUT2D eigenvalue weighted by molar-refractivity contribution is 5.94. The molecule has 0 spiro atoms. The maximum atomic E-state index is 12.5. The van der Waals surface area contributed by atoms with Crippen LogP contribution in [0.15, 0.2) is 0 Å². The van der Waals surface area contributed by atoms with E-state index < -0.39 is 66.8 Å². The molecule has 166 valence electrons. The molecule has 13 nitrogen and oxygen atoms in total. The molecule has 4 amide bonds. The lowest BCUT2D eigenvalue weighted by Gasteiger charge is -2.23.